The number of anilines is 1. The first-order chi connectivity index (χ1) is 17.0. The van der Waals surface area contributed by atoms with Crippen LogP contribution in [0.3, 0.4) is 0 Å². The maximum absolute atomic E-state index is 13.2. The molecular formula is C27H26ClNO6. The number of carbonyl (C=O) groups is 2. The molecule has 0 saturated carbocycles. The summed E-state index contributed by atoms with van der Waals surface area (Å²) in [7, 11) is 1.48. The first-order valence-electron chi connectivity index (χ1n) is 11.4. The van der Waals surface area contributed by atoms with Crippen molar-refractivity contribution in [2.45, 2.75) is 32.2 Å². The minimum Gasteiger partial charge on any atom is -0.507 e. The highest BCUT2D eigenvalue weighted by Gasteiger charge is 2.48. The number of furan rings is 1. The van der Waals surface area contributed by atoms with Crippen LogP contribution in [0.4, 0.5) is 5.69 Å². The highest BCUT2D eigenvalue weighted by Crippen LogP contribution is 2.43. The fourth-order valence-corrected chi connectivity index (χ4v) is 4.28. The second-order valence-electron chi connectivity index (χ2n) is 8.08. The minimum absolute atomic E-state index is 0.0755. The Kier molecular flexibility index (Phi) is 7.46. The molecule has 35 heavy (non-hydrogen) atoms. The molecule has 8 heteroatoms. The lowest BCUT2D eigenvalue weighted by Gasteiger charge is -2.23. The van der Waals surface area contributed by atoms with Crippen LogP contribution in [0.2, 0.25) is 5.02 Å². The van der Waals surface area contributed by atoms with E-state index < -0.39 is 17.7 Å². The van der Waals surface area contributed by atoms with Crippen molar-refractivity contribution in [1.29, 1.82) is 0 Å². The highest BCUT2D eigenvalue weighted by molar-refractivity contribution is 6.51. The van der Waals surface area contributed by atoms with Crippen molar-refractivity contribution in [3.05, 3.63) is 82.8 Å². The van der Waals surface area contributed by atoms with E-state index >= 15 is 0 Å². The lowest BCUT2D eigenvalue weighted by molar-refractivity contribution is -0.132. The third kappa shape index (κ3) is 4.91. The molecule has 182 valence electrons. The van der Waals surface area contributed by atoms with Crippen LogP contribution in [0, 0.1) is 0 Å². The topological polar surface area (TPSA) is 89.2 Å². The summed E-state index contributed by atoms with van der Waals surface area (Å²) in [5.41, 5.74) is 0.677. The monoisotopic (exact) mass is 495 g/mol. The Hall–Kier alpha value is -3.71. The molecule has 2 aromatic carbocycles. The summed E-state index contributed by atoms with van der Waals surface area (Å²) in [5.74, 6) is -0.508. The Morgan fingerprint density at radius 2 is 1.89 bits per heavy atom. The van der Waals surface area contributed by atoms with Crippen LogP contribution in [0.15, 0.2) is 70.9 Å². The maximum atomic E-state index is 13.2. The van der Waals surface area contributed by atoms with Crippen LogP contribution in [0.25, 0.3) is 5.76 Å². The third-order valence-electron chi connectivity index (χ3n) is 5.82. The van der Waals surface area contributed by atoms with Gasteiger partial charge < -0.3 is 19.0 Å². The Labute approximate surface area is 208 Å². The quantitative estimate of drug-likeness (QED) is 0.166. The standard InChI is InChI=1S/C27H26ClNO6/c1-3-4-5-14-34-19-11-8-17(9-12-19)25(30)23-24(22-7-6-15-35-22)29(27(32)26(23)31)18-10-13-21(33-2)20(28)16-18/h6-13,15-16,24,30H,3-5,14H2,1-2H3/b25-23-. The van der Waals surface area contributed by atoms with Crippen molar-refractivity contribution >= 4 is 34.7 Å². The predicted octanol–water partition coefficient (Wildman–Crippen LogP) is 6.14. The number of hydrogen-bond donors (Lipinski definition) is 1. The number of Topliss-reactive ketones (excluding diaryl/α,β-unsaturated/α-hetero) is 1. The second-order valence-corrected chi connectivity index (χ2v) is 8.49. The molecule has 1 atom stereocenters. The molecular weight excluding hydrogens is 470 g/mol. The van der Waals surface area contributed by atoms with Gasteiger partial charge in [-0.05, 0) is 61.0 Å². The summed E-state index contributed by atoms with van der Waals surface area (Å²) in [6, 6.07) is 13.8. The SMILES string of the molecule is CCCCCOc1ccc(/C(O)=C2/C(=O)C(=O)N(c3ccc(OC)c(Cl)c3)C2c2ccco2)cc1. The fourth-order valence-electron chi connectivity index (χ4n) is 4.03. The van der Waals surface area contributed by atoms with E-state index in [4.69, 9.17) is 25.5 Å². The number of methoxy groups -OCH3 is 1. The summed E-state index contributed by atoms with van der Waals surface area (Å²) in [6.45, 7) is 2.73. The van der Waals surface area contributed by atoms with E-state index in [2.05, 4.69) is 6.92 Å². The molecule has 1 aliphatic heterocycles. The number of aliphatic hydroxyl groups excluding tert-OH is 1. The number of aliphatic hydroxyl groups is 1. The van der Waals surface area contributed by atoms with Gasteiger partial charge in [-0.3, -0.25) is 14.5 Å². The van der Waals surface area contributed by atoms with Gasteiger partial charge >= 0.3 is 0 Å². The van der Waals surface area contributed by atoms with Gasteiger partial charge in [0.1, 0.15) is 29.1 Å². The molecule has 1 unspecified atom stereocenters. The van der Waals surface area contributed by atoms with E-state index in [0.29, 0.717) is 35.1 Å². The van der Waals surface area contributed by atoms with Gasteiger partial charge in [-0.15, -0.1) is 0 Å². The van der Waals surface area contributed by atoms with Gasteiger partial charge in [0.05, 0.1) is 30.6 Å². The van der Waals surface area contributed by atoms with Gasteiger partial charge in [-0.25, -0.2) is 0 Å². The lowest BCUT2D eigenvalue weighted by Crippen LogP contribution is -2.29. The van der Waals surface area contributed by atoms with E-state index in [1.165, 1.54) is 24.3 Å². The molecule has 1 amide bonds. The number of ketones is 1. The molecule has 1 aliphatic rings. The number of carbonyl (C=O) groups excluding carboxylic acids is 2. The summed E-state index contributed by atoms with van der Waals surface area (Å²) in [6.07, 6.45) is 4.60. The zero-order valence-corrected chi connectivity index (χ0v) is 20.2. The van der Waals surface area contributed by atoms with E-state index in [0.717, 1.165) is 19.3 Å². The number of hydrogen-bond acceptors (Lipinski definition) is 6. The predicted molar refractivity (Wildman–Crippen MR) is 133 cm³/mol. The molecule has 1 fully saturated rings. The number of ether oxygens (including phenoxy) is 2. The Balaban J connectivity index is 1.72. The molecule has 0 bridgehead atoms. The molecule has 3 aromatic rings. The number of rotatable bonds is 9. The van der Waals surface area contributed by atoms with Gasteiger partial charge in [0.2, 0.25) is 0 Å². The average Bonchev–Trinajstić information content (AvgIpc) is 3.48. The Morgan fingerprint density at radius 1 is 1.11 bits per heavy atom. The van der Waals surface area contributed by atoms with Gasteiger partial charge in [-0.1, -0.05) is 31.4 Å². The highest BCUT2D eigenvalue weighted by atomic mass is 35.5. The number of nitrogens with zero attached hydrogens (tertiary/aromatic N) is 1. The fraction of sp³-hybridized carbons (Fsp3) is 0.259. The van der Waals surface area contributed by atoms with E-state index in [9.17, 15) is 14.7 Å². The summed E-state index contributed by atoms with van der Waals surface area (Å²) >= 11 is 6.28. The summed E-state index contributed by atoms with van der Waals surface area (Å²) < 4.78 is 16.5. The number of halogens is 1. The van der Waals surface area contributed by atoms with E-state index in [-0.39, 0.29) is 16.4 Å². The van der Waals surface area contributed by atoms with Crippen LogP contribution in [-0.4, -0.2) is 30.5 Å². The normalized spacial score (nSPS) is 17.1. The molecule has 0 radical (unpaired) electrons. The maximum Gasteiger partial charge on any atom is 0.300 e. The second kappa shape index (κ2) is 10.7. The molecule has 1 N–H and O–H groups in total. The first kappa shape index (κ1) is 24.4. The number of benzene rings is 2. The van der Waals surface area contributed by atoms with E-state index in [1.54, 1.807) is 48.5 Å². The van der Waals surface area contributed by atoms with Crippen molar-refractivity contribution in [3.8, 4) is 11.5 Å². The third-order valence-corrected chi connectivity index (χ3v) is 6.11. The van der Waals surface area contributed by atoms with E-state index in [1.807, 2.05) is 0 Å². The molecule has 0 spiro atoms. The molecule has 0 aliphatic carbocycles. The van der Waals surface area contributed by atoms with Crippen molar-refractivity contribution in [2.24, 2.45) is 0 Å². The lowest BCUT2D eigenvalue weighted by atomic mass is 9.99. The molecule has 4 rings (SSSR count). The number of unbranched alkanes of at least 4 members (excludes halogenated alkanes) is 2. The molecule has 1 saturated heterocycles. The van der Waals surface area contributed by atoms with Gasteiger partial charge in [0, 0.05) is 11.3 Å². The minimum atomic E-state index is -0.973. The van der Waals surface area contributed by atoms with Gasteiger partial charge in [0.15, 0.2) is 0 Å². The van der Waals surface area contributed by atoms with Gasteiger partial charge in [-0.2, -0.15) is 0 Å². The largest absolute Gasteiger partial charge is 0.507 e. The Morgan fingerprint density at radius 3 is 2.51 bits per heavy atom. The van der Waals surface area contributed by atoms with Crippen molar-refractivity contribution < 1.29 is 28.6 Å². The van der Waals surface area contributed by atoms with Crippen LogP contribution in [0.1, 0.15) is 43.6 Å². The zero-order valence-electron chi connectivity index (χ0n) is 19.5. The van der Waals surface area contributed by atoms with Crippen LogP contribution >= 0.6 is 11.6 Å². The Bertz CT molecular complexity index is 1230. The molecule has 2 heterocycles. The van der Waals surface area contributed by atoms with Crippen molar-refractivity contribution in [2.75, 3.05) is 18.6 Å². The van der Waals surface area contributed by atoms with Crippen LogP contribution < -0.4 is 14.4 Å². The average molecular weight is 496 g/mol. The van der Waals surface area contributed by atoms with Crippen molar-refractivity contribution in [3.63, 3.8) is 0 Å². The zero-order chi connectivity index (χ0) is 24.9. The molecule has 1 aromatic heterocycles. The molecule has 7 nitrogen and oxygen atoms in total. The smallest absolute Gasteiger partial charge is 0.300 e. The first-order valence-corrected chi connectivity index (χ1v) is 11.7. The van der Waals surface area contributed by atoms with Crippen molar-refractivity contribution in [1.82, 2.24) is 0 Å². The van der Waals surface area contributed by atoms with Crippen LogP contribution in [-0.2, 0) is 9.59 Å². The van der Waals surface area contributed by atoms with Crippen LogP contribution in [0.5, 0.6) is 11.5 Å². The summed E-state index contributed by atoms with van der Waals surface area (Å²) in [4.78, 5) is 27.6. The van der Waals surface area contributed by atoms with Gasteiger partial charge in [0.25, 0.3) is 11.7 Å². The number of amides is 1. The summed E-state index contributed by atoms with van der Waals surface area (Å²) in [5, 5.41) is 11.4.